The number of rotatable bonds is 9. The van der Waals surface area contributed by atoms with Gasteiger partial charge in [0, 0.05) is 5.54 Å². The number of nitrogens with zero attached hydrogens (tertiary/aromatic N) is 1. The molecule has 1 aliphatic heterocycles. The summed E-state index contributed by atoms with van der Waals surface area (Å²) in [5, 5.41) is 13.1. The summed E-state index contributed by atoms with van der Waals surface area (Å²) < 4.78 is 0. The maximum atomic E-state index is 9.58. The third-order valence-corrected chi connectivity index (χ3v) is 4.87. The van der Waals surface area contributed by atoms with E-state index in [-0.39, 0.29) is 12.1 Å². The molecule has 0 aromatic carbocycles. The highest BCUT2D eigenvalue weighted by molar-refractivity contribution is 4.82. The maximum absolute atomic E-state index is 9.58. The summed E-state index contributed by atoms with van der Waals surface area (Å²) in [7, 11) is 0. The molecule has 3 heteroatoms. The average molecular weight is 284 g/mol. The van der Waals surface area contributed by atoms with Gasteiger partial charge in [0.2, 0.25) is 0 Å². The Morgan fingerprint density at radius 1 is 1.25 bits per heavy atom. The first-order valence-electron chi connectivity index (χ1n) is 8.71. The molecule has 0 aromatic rings. The Hall–Kier alpha value is -0.120. The minimum atomic E-state index is -0.0895. The molecule has 0 aliphatic carbocycles. The van der Waals surface area contributed by atoms with E-state index in [9.17, 15) is 5.11 Å². The summed E-state index contributed by atoms with van der Waals surface area (Å²) in [6, 6.07) is 0. The third-order valence-electron chi connectivity index (χ3n) is 4.87. The van der Waals surface area contributed by atoms with Gasteiger partial charge in [0.15, 0.2) is 0 Å². The Bertz CT molecular complexity index is 247. The van der Waals surface area contributed by atoms with E-state index in [0.29, 0.717) is 0 Å². The molecular weight excluding hydrogens is 248 g/mol. The van der Waals surface area contributed by atoms with E-state index in [2.05, 4.69) is 31.0 Å². The summed E-state index contributed by atoms with van der Waals surface area (Å²) in [6.07, 6.45) is 8.88. The van der Waals surface area contributed by atoms with Gasteiger partial charge in [-0.25, -0.2) is 0 Å². The summed E-state index contributed by atoms with van der Waals surface area (Å²) in [4.78, 5) is 2.63. The molecule has 0 radical (unpaired) electrons. The normalized spacial score (nSPS) is 24.3. The van der Waals surface area contributed by atoms with E-state index in [4.69, 9.17) is 0 Å². The number of hydrogen-bond donors (Lipinski definition) is 2. The predicted molar refractivity (Wildman–Crippen MR) is 87.1 cm³/mol. The van der Waals surface area contributed by atoms with Crippen LogP contribution in [0.25, 0.3) is 0 Å². The Labute approximate surface area is 126 Å². The second kappa shape index (κ2) is 9.75. The molecule has 20 heavy (non-hydrogen) atoms. The molecule has 0 spiro atoms. The average Bonchev–Trinajstić information content (AvgIpc) is 2.70. The highest BCUT2D eigenvalue weighted by atomic mass is 16.3. The number of hydrogen-bond acceptors (Lipinski definition) is 3. The second-order valence-corrected chi connectivity index (χ2v) is 6.80. The zero-order chi connectivity index (χ0) is 14.8. The number of aliphatic hydroxyl groups is 1. The fraction of sp³-hybridized carbons (Fsp3) is 1.00. The number of nitrogens with one attached hydrogen (secondary N) is 1. The van der Waals surface area contributed by atoms with Gasteiger partial charge >= 0.3 is 0 Å². The van der Waals surface area contributed by atoms with E-state index in [1.165, 1.54) is 51.7 Å². The molecule has 2 atom stereocenters. The van der Waals surface area contributed by atoms with E-state index >= 15 is 0 Å². The fourth-order valence-electron chi connectivity index (χ4n) is 3.20. The van der Waals surface area contributed by atoms with E-state index in [0.717, 1.165) is 25.3 Å². The Kier molecular flexibility index (Phi) is 8.74. The Morgan fingerprint density at radius 3 is 2.70 bits per heavy atom. The molecular formula is C17H36N2O. The van der Waals surface area contributed by atoms with Crippen LogP contribution in [-0.2, 0) is 0 Å². The van der Waals surface area contributed by atoms with Crippen LogP contribution in [0.15, 0.2) is 0 Å². The molecule has 0 aromatic heterocycles. The van der Waals surface area contributed by atoms with Gasteiger partial charge in [-0.1, -0.05) is 20.3 Å². The van der Waals surface area contributed by atoms with Crippen molar-refractivity contribution in [1.82, 2.24) is 10.2 Å². The van der Waals surface area contributed by atoms with Crippen LogP contribution in [0.2, 0.25) is 0 Å². The van der Waals surface area contributed by atoms with Crippen LogP contribution >= 0.6 is 0 Å². The smallest absolute Gasteiger partial charge is 0.0610 e. The second-order valence-electron chi connectivity index (χ2n) is 6.80. The molecule has 2 unspecified atom stereocenters. The summed E-state index contributed by atoms with van der Waals surface area (Å²) in [6.45, 7) is 11.6. The fourth-order valence-corrected chi connectivity index (χ4v) is 3.20. The zero-order valence-electron chi connectivity index (χ0n) is 14.0. The van der Waals surface area contributed by atoms with Gasteiger partial charge in [-0.2, -0.15) is 0 Å². The Balaban J connectivity index is 2.24. The van der Waals surface area contributed by atoms with Crippen molar-refractivity contribution in [3.05, 3.63) is 0 Å². The SMILES string of the molecule is CCCNC(C)(CO)CCCN1CCCC(CC)CC1. The van der Waals surface area contributed by atoms with Crippen molar-refractivity contribution < 1.29 is 5.11 Å². The Morgan fingerprint density at radius 2 is 2.05 bits per heavy atom. The van der Waals surface area contributed by atoms with Crippen LogP contribution in [0.5, 0.6) is 0 Å². The topological polar surface area (TPSA) is 35.5 Å². The lowest BCUT2D eigenvalue weighted by Gasteiger charge is -2.30. The van der Waals surface area contributed by atoms with Crippen LogP contribution in [-0.4, -0.2) is 48.3 Å². The van der Waals surface area contributed by atoms with Gasteiger partial charge in [0.1, 0.15) is 0 Å². The molecule has 3 nitrogen and oxygen atoms in total. The molecule has 0 bridgehead atoms. The summed E-state index contributed by atoms with van der Waals surface area (Å²) in [5.74, 6) is 0.953. The molecule has 0 saturated carbocycles. The van der Waals surface area contributed by atoms with Gasteiger partial charge in [-0.15, -0.1) is 0 Å². The van der Waals surface area contributed by atoms with E-state index in [1.54, 1.807) is 0 Å². The minimum absolute atomic E-state index is 0.0895. The lowest BCUT2D eigenvalue weighted by Crippen LogP contribution is -2.46. The molecule has 1 heterocycles. The van der Waals surface area contributed by atoms with E-state index < -0.39 is 0 Å². The van der Waals surface area contributed by atoms with E-state index in [1.807, 2.05) is 0 Å². The number of aliphatic hydroxyl groups excluding tert-OH is 1. The van der Waals surface area contributed by atoms with Crippen molar-refractivity contribution in [2.24, 2.45) is 5.92 Å². The maximum Gasteiger partial charge on any atom is 0.0610 e. The lowest BCUT2D eigenvalue weighted by atomic mass is 9.96. The molecule has 1 fully saturated rings. The van der Waals surface area contributed by atoms with Crippen molar-refractivity contribution in [1.29, 1.82) is 0 Å². The van der Waals surface area contributed by atoms with Gasteiger partial charge in [0.25, 0.3) is 0 Å². The minimum Gasteiger partial charge on any atom is -0.394 e. The molecule has 0 amide bonds. The van der Waals surface area contributed by atoms with Crippen molar-refractivity contribution >= 4 is 0 Å². The largest absolute Gasteiger partial charge is 0.394 e. The first kappa shape index (κ1) is 17.9. The first-order chi connectivity index (χ1) is 9.63. The highest BCUT2D eigenvalue weighted by Crippen LogP contribution is 2.21. The third kappa shape index (κ3) is 6.55. The zero-order valence-corrected chi connectivity index (χ0v) is 14.0. The molecule has 1 saturated heterocycles. The first-order valence-corrected chi connectivity index (χ1v) is 8.71. The van der Waals surface area contributed by atoms with Gasteiger partial charge < -0.3 is 15.3 Å². The van der Waals surface area contributed by atoms with Crippen molar-refractivity contribution in [3.63, 3.8) is 0 Å². The standard InChI is InChI=1S/C17H36N2O/c1-4-11-18-17(3,15-20)10-7-13-19-12-6-8-16(5-2)9-14-19/h16,18,20H,4-15H2,1-3H3. The van der Waals surface area contributed by atoms with Crippen LogP contribution < -0.4 is 5.32 Å². The quantitative estimate of drug-likeness (QED) is 0.683. The van der Waals surface area contributed by atoms with Gasteiger partial charge in [-0.3, -0.25) is 0 Å². The molecule has 1 aliphatic rings. The van der Waals surface area contributed by atoms with Crippen molar-refractivity contribution in [2.45, 2.75) is 71.3 Å². The van der Waals surface area contributed by atoms with Crippen LogP contribution in [0.3, 0.4) is 0 Å². The monoisotopic (exact) mass is 284 g/mol. The van der Waals surface area contributed by atoms with Gasteiger partial charge in [0.05, 0.1) is 6.61 Å². The van der Waals surface area contributed by atoms with Crippen molar-refractivity contribution in [2.75, 3.05) is 32.8 Å². The molecule has 2 N–H and O–H groups in total. The van der Waals surface area contributed by atoms with Gasteiger partial charge in [-0.05, 0) is 77.5 Å². The van der Waals surface area contributed by atoms with Crippen LogP contribution in [0.1, 0.15) is 65.7 Å². The van der Waals surface area contributed by atoms with Crippen molar-refractivity contribution in [3.8, 4) is 0 Å². The number of likely N-dealkylation sites (tertiary alicyclic amines) is 1. The predicted octanol–water partition coefficient (Wildman–Crippen LogP) is 3.03. The van der Waals surface area contributed by atoms with Crippen LogP contribution in [0.4, 0.5) is 0 Å². The van der Waals surface area contributed by atoms with Crippen LogP contribution in [0, 0.1) is 5.92 Å². The lowest BCUT2D eigenvalue weighted by molar-refractivity contribution is 0.156. The molecule has 1 rings (SSSR count). The highest BCUT2D eigenvalue weighted by Gasteiger charge is 2.22. The summed E-state index contributed by atoms with van der Waals surface area (Å²) in [5.41, 5.74) is -0.0895. The summed E-state index contributed by atoms with van der Waals surface area (Å²) >= 11 is 0. The molecule has 120 valence electrons.